The average molecular weight is 308 g/mol. The van der Waals surface area contributed by atoms with Crippen LogP contribution in [0.2, 0.25) is 10.0 Å². The van der Waals surface area contributed by atoms with Crippen LogP contribution in [0.3, 0.4) is 0 Å². The summed E-state index contributed by atoms with van der Waals surface area (Å²) >= 11 is 11.8. The summed E-state index contributed by atoms with van der Waals surface area (Å²) in [5.41, 5.74) is 4.14. The Morgan fingerprint density at radius 3 is 2.65 bits per heavy atom. The molecular weight excluding hydrogens is 297 g/mol. The van der Waals surface area contributed by atoms with Gasteiger partial charge in [-0.25, -0.2) is 5.43 Å². The van der Waals surface area contributed by atoms with Crippen LogP contribution >= 0.6 is 23.2 Å². The third-order valence-electron chi connectivity index (χ3n) is 2.56. The minimum atomic E-state index is -0.370. The summed E-state index contributed by atoms with van der Waals surface area (Å²) in [5, 5.41) is 4.93. The van der Waals surface area contributed by atoms with E-state index < -0.39 is 0 Å². The number of halogens is 2. The maximum Gasteiger partial charge on any atom is 0.289 e. The normalized spacial score (nSPS) is 11.2. The number of benzene rings is 1. The van der Waals surface area contributed by atoms with E-state index in [2.05, 4.69) is 15.5 Å². The van der Waals surface area contributed by atoms with E-state index >= 15 is 0 Å². The summed E-state index contributed by atoms with van der Waals surface area (Å²) in [7, 11) is 0. The lowest BCUT2D eigenvalue weighted by Gasteiger charge is -2.04. The first kappa shape index (κ1) is 14.5. The number of carbonyl (C=O) groups excluding carboxylic acids is 1. The van der Waals surface area contributed by atoms with Crippen LogP contribution in [0.5, 0.6) is 0 Å². The van der Waals surface area contributed by atoms with Crippen LogP contribution in [0.4, 0.5) is 0 Å². The molecule has 102 valence electrons. The van der Waals surface area contributed by atoms with Crippen molar-refractivity contribution in [2.45, 2.75) is 6.92 Å². The van der Waals surface area contributed by atoms with Gasteiger partial charge in [0.05, 0.1) is 15.8 Å². The quantitative estimate of drug-likeness (QED) is 0.696. The molecule has 1 aromatic carbocycles. The standard InChI is InChI=1S/C14H11Cl2N3O/c1-9(10-5-6-11(15)12(16)8-10)18-19-14(20)13-4-2-3-7-17-13/h2-8H,1H3,(H,19,20)/b18-9+. The largest absolute Gasteiger partial charge is 0.289 e. The molecule has 0 atom stereocenters. The molecule has 0 aliphatic heterocycles. The molecule has 2 rings (SSSR count). The first-order valence-electron chi connectivity index (χ1n) is 5.79. The molecule has 2 aromatic rings. The van der Waals surface area contributed by atoms with Crippen molar-refractivity contribution < 1.29 is 4.79 Å². The molecule has 6 heteroatoms. The minimum absolute atomic E-state index is 0.304. The van der Waals surface area contributed by atoms with Crippen molar-refractivity contribution in [1.29, 1.82) is 0 Å². The van der Waals surface area contributed by atoms with Gasteiger partial charge in [0.1, 0.15) is 5.69 Å². The van der Waals surface area contributed by atoms with Gasteiger partial charge in [0.2, 0.25) is 0 Å². The Morgan fingerprint density at radius 2 is 2.00 bits per heavy atom. The van der Waals surface area contributed by atoms with Crippen molar-refractivity contribution in [3.05, 3.63) is 63.9 Å². The van der Waals surface area contributed by atoms with Gasteiger partial charge in [-0.2, -0.15) is 5.10 Å². The summed E-state index contributed by atoms with van der Waals surface area (Å²) in [6.45, 7) is 1.76. The van der Waals surface area contributed by atoms with E-state index in [-0.39, 0.29) is 5.91 Å². The Hall–Kier alpha value is -1.91. The molecule has 1 amide bonds. The van der Waals surface area contributed by atoms with Crippen LogP contribution in [0.25, 0.3) is 0 Å². The second-order valence-corrected chi connectivity index (χ2v) is 4.80. The number of hydrogen-bond donors (Lipinski definition) is 1. The Labute approximate surface area is 126 Å². The fraction of sp³-hybridized carbons (Fsp3) is 0.0714. The molecule has 1 aromatic heterocycles. The molecule has 0 aliphatic rings. The van der Waals surface area contributed by atoms with Gasteiger partial charge < -0.3 is 0 Å². The molecule has 0 unspecified atom stereocenters. The highest BCUT2D eigenvalue weighted by atomic mass is 35.5. The molecule has 1 N–H and O–H groups in total. The molecule has 0 bridgehead atoms. The van der Waals surface area contributed by atoms with Gasteiger partial charge in [-0.3, -0.25) is 9.78 Å². The second kappa shape index (κ2) is 6.50. The first-order valence-corrected chi connectivity index (χ1v) is 6.54. The van der Waals surface area contributed by atoms with Crippen molar-refractivity contribution in [2.75, 3.05) is 0 Å². The third kappa shape index (κ3) is 3.56. The van der Waals surface area contributed by atoms with Crippen LogP contribution in [-0.2, 0) is 0 Å². The van der Waals surface area contributed by atoms with E-state index in [1.54, 1.807) is 49.5 Å². The first-order chi connectivity index (χ1) is 9.58. The minimum Gasteiger partial charge on any atom is -0.266 e. The highest BCUT2D eigenvalue weighted by Crippen LogP contribution is 2.22. The highest BCUT2D eigenvalue weighted by Gasteiger charge is 2.06. The van der Waals surface area contributed by atoms with Gasteiger partial charge in [0.15, 0.2) is 0 Å². The van der Waals surface area contributed by atoms with Crippen molar-refractivity contribution >= 4 is 34.8 Å². The fourth-order valence-corrected chi connectivity index (χ4v) is 1.77. The van der Waals surface area contributed by atoms with Crippen molar-refractivity contribution in [3.8, 4) is 0 Å². The molecule has 0 radical (unpaired) electrons. The molecule has 4 nitrogen and oxygen atoms in total. The van der Waals surface area contributed by atoms with Crippen LogP contribution in [0.1, 0.15) is 23.0 Å². The lowest BCUT2D eigenvalue weighted by Crippen LogP contribution is -2.20. The van der Waals surface area contributed by atoms with Gasteiger partial charge >= 0.3 is 0 Å². The molecule has 0 spiro atoms. The third-order valence-corrected chi connectivity index (χ3v) is 3.30. The van der Waals surface area contributed by atoms with Crippen LogP contribution in [0.15, 0.2) is 47.7 Å². The van der Waals surface area contributed by atoms with Crippen LogP contribution in [-0.4, -0.2) is 16.6 Å². The number of rotatable bonds is 3. The van der Waals surface area contributed by atoms with Gasteiger partial charge in [-0.05, 0) is 36.8 Å². The van der Waals surface area contributed by atoms with E-state index in [4.69, 9.17) is 23.2 Å². The summed E-state index contributed by atoms with van der Waals surface area (Å²) in [5.74, 6) is -0.370. The van der Waals surface area contributed by atoms with E-state index in [9.17, 15) is 4.79 Å². The molecule has 0 fully saturated rings. The molecule has 0 saturated heterocycles. The van der Waals surface area contributed by atoms with Crippen LogP contribution < -0.4 is 5.43 Å². The number of amides is 1. The van der Waals surface area contributed by atoms with Crippen molar-refractivity contribution in [3.63, 3.8) is 0 Å². The van der Waals surface area contributed by atoms with E-state index in [1.165, 1.54) is 0 Å². The zero-order chi connectivity index (χ0) is 14.5. The summed E-state index contributed by atoms with van der Waals surface area (Å²) in [6.07, 6.45) is 1.55. The average Bonchev–Trinajstić information content (AvgIpc) is 2.48. The lowest BCUT2D eigenvalue weighted by molar-refractivity contribution is 0.0950. The van der Waals surface area contributed by atoms with Gasteiger partial charge in [0, 0.05) is 6.20 Å². The molecule has 1 heterocycles. The van der Waals surface area contributed by atoms with Crippen molar-refractivity contribution in [1.82, 2.24) is 10.4 Å². The zero-order valence-corrected chi connectivity index (χ0v) is 12.1. The smallest absolute Gasteiger partial charge is 0.266 e. The fourth-order valence-electron chi connectivity index (χ4n) is 1.47. The number of hydrazone groups is 1. The highest BCUT2D eigenvalue weighted by molar-refractivity contribution is 6.42. The Bertz CT molecular complexity index is 657. The number of hydrogen-bond acceptors (Lipinski definition) is 3. The number of pyridine rings is 1. The van der Waals surface area contributed by atoms with E-state index in [0.717, 1.165) is 5.56 Å². The van der Waals surface area contributed by atoms with Crippen molar-refractivity contribution in [2.24, 2.45) is 5.10 Å². The predicted molar refractivity (Wildman–Crippen MR) is 80.4 cm³/mol. The molecule has 20 heavy (non-hydrogen) atoms. The van der Waals surface area contributed by atoms with Gasteiger partial charge in [-0.1, -0.05) is 35.3 Å². The molecule has 0 saturated carbocycles. The maximum absolute atomic E-state index is 11.8. The molecular formula is C14H11Cl2N3O. The maximum atomic E-state index is 11.8. The molecule has 0 aliphatic carbocycles. The SMILES string of the molecule is C/C(=N\NC(=O)c1ccccn1)c1ccc(Cl)c(Cl)c1. The Balaban J connectivity index is 2.11. The number of nitrogens with one attached hydrogen (secondary N) is 1. The summed E-state index contributed by atoms with van der Waals surface area (Å²) in [4.78, 5) is 15.7. The second-order valence-electron chi connectivity index (χ2n) is 3.98. The predicted octanol–water partition coefficient (Wildman–Crippen LogP) is 3.54. The zero-order valence-electron chi connectivity index (χ0n) is 10.6. The number of nitrogens with zero attached hydrogens (tertiary/aromatic N) is 2. The lowest BCUT2D eigenvalue weighted by atomic mass is 10.1. The Morgan fingerprint density at radius 1 is 1.20 bits per heavy atom. The van der Waals surface area contributed by atoms with E-state index in [0.29, 0.717) is 21.5 Å². The van der Waals surface area contributed by atoms with E-state index in [1.807, 2.05) is 0 Å². The Kier molecular flexibility index (Phi) is 4.71. The van der Waals surface area contributed by atoms with Gasteiger partial charge in [-0.15, -0.1) is 0 Å². The number of carbonyl (C=O) groups is 1. The van der Waals surface area contributed by atoms with Crippen LogP contribution in [0, 0.1) is 0 Å². The summed E-state index contributed by atoms with van der Waals surface area (Å²) < 4.78 is 0. The topological polar surface area (TPSA) is 54.4 Å². The number of aromatic nitrogens is 1. The monoisotopic (exact) mass is 307 g/mol. The van der Waals surface area contributed by atoms with Gasteiger partial charge in [0.25, 0.3) is 5.91 Å². The summed E-state index contributed by atoms with van der Waals surface area (Å²) in [6, 6.07) is 10.2.